The summed E-state index contributed by atoms with van der Waals surface area (Å²) >= 11 is 0. The first-order chi connectivity index (χ1) is 16.3. The van der Waals surface area contributed by atoms with Crippen molar-refractivity contribution < 1.29 is 13.5 Å². The molecule has 0 bridgehead atoms. The first kappa shape index (κ1) is 24.8. The lowest BCUT2D eigenvalue weighted by molar-refractivity contribution is 0.356. The van der Waals surface area contributed by atoms with Crippen molar-refractivity contribution in [3.63, 3.8) is 0 Å². The second-order valence-electron chi connectivity index (χ2n) is 8.12. The highest BCUT2D eigenvalue weighted by Crippen LogP contribution is 2.30. The fraction of sp³-hybridized carbons (Fsp3) is 0.269. The summed E-state index contributed by atoms with van der Waals surface area (Å²) in [5.74, 6) is 0.0716. The van der Waals surface area contributed by atoms with Crippen molar-refractivity contribution in [1.29, 1.82) is 5.26 Å². The van der Waals surface area contributed by atoms with Gasteiger partial charge in [-0.25, -0.2) is 13.8 Å². The topological polar surface area (TPSA) is 73.0 Å². The van der Waals surface area contributed by atoms with Crippen LogP contribution in [-0.4, -0.2) is 38.2 Å². The van der Waals surface area contributed by atoms with Crippen LogP contribution in [0.15, 0.2) is 52.7 Å². The summed E-state index contributed by atoms with van der Waals surface area (Å²) in [5, 5.41) is 11.8. The number of rotatable bonds is 9. The normalized spacial score (nSPS) is 13.4. The molecule has 0 spiro atoms. The fourth-order valence-electron chi connectivity index (χ4n) is 3.68. The van der Waals surface area contributed by atoms with Crippen LogP contribution < -0.4 is 10.1 Å². The molecule has 2 aromatic carbocycles. The van der Waals surface area contributed by atoms with Gasteiger partial charge in [0.1, 0.15) is 35.5 Å². The van der Waals surface area contributed by atoms with Gasteiger partial charge in [0.15, 0.2) is 0 Å². The van der Waals surface area contributed by atoms with E-state index >= 15 is 0 Å². The van der Waals surface area contributed by atoms with Gasteiger partial charge in [-0.3, -0.25) is 4.99 Å². The van der Waals surface area contributed by atoms with E-state index in [2.05, 4.69) is 21.9 Å². The van der Waals surface area contributed by atoms with Crippen molar-refractivity contribution in [3.05, 3.63) is 82.2 Å². The average Bonchev–Trinajstić information content (AvgIpc) is 3.29. The van der Waals surface area contributed by atoms with E-state index in [0.29, 0.717) is 53.1 Å². The lowest BCUT2D eigenvalue weighted by Crippen LogP contribution is -2.13. The number of aliphatic imine (C=N–C) groups is 2. The molecular formula is C26H27F2N5O. The molecule has 0 aliphatic carbocycles. The number of nitriles is 1. The number of ether oxygens (including phenoxy) is 1. The van der Waals surface area contributed by atoms with Crippen LogP contribution in [0.1, 0.15) is 27.8 Å². The largest absolute Gasteiger partial charge is 0.493 e. The number of allylic oxidation sites excluding steroid dienone is 2. The molecule has 0 saturated heterocycles. The molecule has 6 nitrogen and oxygen atoms in total. The summed E-state index contributed by atoms with van der Waals surface area (Å²) in [5.41, 5.74) is 3.66. The molecule has 0 atom stereocenters. The monoisotopic (exact) mass is 463 g/mol. The maximum atomic E-state index is 15.0. The van der Waals surface area contributed by atoms with E-state index in [1.165, 1.54) is 24.8 Å². The Morgan fingerprint density at radius 3 is 2.82 bits per heavy atom. The molecule has 0 saturated carbocycles. The second kappa shape index (κ2) is 11.3. The van der Waals surface area contributed by atoms with Gasteiger partial charge in [0, 0.05) is 47.6 Å². The Balaban J connectivity index is 1.83. The van der Waals surface area contributed by atoms with Gasteiger partial charge in [-0.2, -0.15) is 5.26 Å². The molecule has 3 rings (SSSR count). The summed E-state index contributed by atoms with van der Waals surface area (Å²) in [6, 6.07) is 8.45. The molecule has 1 N–H and O–H groups in total. The van der Waals surface area contributed by atoms with Gasteiger partial charge in [-0.1, -0.05) is 18.7 Å². The Labute approximate surface area is 198 Å². The predicted octanol–water partition coefficient (Wildman–Crippen LogP) is 4.54. The highest BCUT2D eigenvalue weighted by Gasteiger charge is 2.19. The molecule has 2 aromatic rings. The smallest absolute Gasteiger partial charge is 0.131 e. The van der Waals surface area contributed by atoms with Gasteiger partial charge in [0.05, 0.1) is 13.2 Å². The van der Waals surface area contributed by atoms with E-state index in [-0.39, 0.29) is 23.9 Å². The number of nitrogens with one attached hydrogen (secondary N) is 1. The summed E-state index contributed by atoms with van der Waals surface area (Å²) in [7, 11) is 3.75. The number of hydrogen-bond donors (Lipinski definition) is 1. The zero-order chi connectivity index (χ0) is 24.7. The quantitative estimate of drug-likeness (QED) is 0.337. The third-order valence-electron chi connectivity index (χ3n) is 5.35. The van der Waals surface area contributed by atoms with Gasteiger partial charge in [0.2, 0.25) is 0 Å². The minimum Gasteiger partial charge on any atom is -0.493 e. The van der Waals surface area contributed by atoms with E-state index in [9.17, 15) is 8.78 Å². The molecule has 1 aliphatic rings. The molecule has 34 heavy (non-hydrogen) atoms. The summed E-state index contributed by atoms with van der Waals surface area (Å²) < 4.78 is 34.7. The third-order valence-corrected chi connectivity index (χ3v) is 5.35. The zero-order valence-electron chi connectivity index (χ0n) is 19.5. The highest BCUT2D eigenvalue weighted by molar-refractivity contribution is 6.12. The predicted molar refractivity (Wildman–Crippen MR) is 131 cm³/mol. The second-order valence-corrected chi connectivity index (χ2v) is 8.12. The molecular weight excluding hydrogens is 436 g/mol. The van der Waals surface area contributed by atoms with E-state index in [0.717, 1.165) is 5.56 Å². The van der Waals surface area contributed by atoms with Gasteiger partial charge in [-0.05, 0) is 44.3 Å². The van der Waals surface area contributed by atoms with Crippen molar-refractivity contribution in [2.24, 2.45) is 9.98 Å². The molecule has 0 radical (unpaired) electrons. The first-order valence-corrected chi connectivity index (χ1v) is 10.7. The van der Waals surface area contributed by atoms with Crippen molar-refractivity contribution in [2.45, 2.75) is 26.4 Å². The Morgan fingerprint density at radius 1 is 1.29 bits per heavy atom. The lowest BCUT2D eigenvalue weighted by atomic mass is 9.98. The Hall–Kier alpha value is -3.83. The minimum atomic E-state index is -0.325. The first-order valence-electron chi connectivity index (χ1n) is 10.7. The van der Waals surface area contributed by atoms with E-state index in [1.54, 1.807) is 19.1 Å². The maximum Gasteiger partial charge on any atom is 0.131 e. The lowest BCUT2D eigenvalue weighted by Gasteiger charge is -2.15. The number of nitrogens with zero attached hydrogens (tertiary/aromatic N) is 4. The van der Waals surface area contributed by atoms with Crippen LogP contribution in [0.2, 0.25) is 0 Å². The van der Waals surface area contributed by atoms with Crippen molar-refractivity contribution in [3.8, 4) is 11.8 Å². The fourth-order valence-corrected chi connectivity index (χ4v) is 3.68. The molecule has 1 heterocycles. The Kier molecular flexibility index (Phi) is 8.28. The average molecular weight is 464 g/mol. The van der Waals surface area contributed by atoms with Crippen LogP contribution in [0.5, 0.6) is 5.75 Å². The zero-order valence-corrected chi connectivity index (χ0v) is 19.5. The van der Waals surface area contributed by atoms with Crippen molar-refractivity contribution in [1.82, 2.24) is 10.2 Å². The van der Waals surface area contributed by atoms with Gasteiger partial charge < -0.3 is 15.0 Å². The van der Waals surface area contributed by atoms with Crippen LogP contribution in [0.3, 0.4) is 0 Å². The third kappa shape index (κ3) is 5.94. The maximum absolute atomic E-state index is 15.0. The molecule has 0 aromatic heterocycles. The Morgan fingerprint density at radius 2 is 2.09 bits per heavy atom. The molecule has 0 fully saturated rings. The standard InChI is InChI=1S/C26H27F2N5O/c1-17(11-29)32-13-20(21-6-5-19(15-33(3)4)26(28)18(21)2)12-30-16-31-14-23-22-9-10-34-25(22)8-7-24(23)27/h5-8,12-13,16,32H,1,9-10,14-15H2,2-4H3. The number of halogens is 2. The molecule has 8 heteroatoms. The summed E-state index contributed by atoms with van der Waals surface area (Å²) in [6.07, 6.45) is 5.02. The SMILES string of the molecule is C=C(C#N)NC=C(C=NC=NCc1c(F)ccc2c1CCO2)c1ccc(CN(C)C)c(F)c1C. The summed E-state index contributed by atoms with van der Waals surface area (Å²) in [4.78, 5) is 10.3. The molecule has 0 amide bonds. The number of hydrogen-bond acceptors (Lipinski definition) is 5. The van der Waals surface area contributed by atoms with E-state index < -0.39 is 0 Å². The van der Waals surface area contributed by atoms with E-state index in [1.807, 2.05) is 31.1 Å². The summed E-state index contributed by atoms with van der Waals surface area (Å²) in [6.45, 7) is 6.42. The highest BCUT2D eigenvalue weighted by atomic mass is 19.1. The number of benzene rings is 2. The molecule has 1 aliphatic heterocycles. The van der Waals surface area contributed by atoms with Crippen LogP contribution in [0, 0.1) is 29.9 Å². The number of fused-ring (bicyclic) bond motifs is 1. The van der Waals surface area contributed by atoms with E-state index in [4.69, 9.17) is 10.00 Å². The van der Waals surface area contributed by atoms with Crippen molar-refractivity contribution >= 4 is 18.1 Å². The van der Waals surface area contributed by atoms with Crippen LogP contribution in [0.25, 0.3) is 5.57 Å². The Bertz CT molecular complexity index is 1210. The van der Waals surface area contributed by atoms with Gasteiger partial charge in [-0.15, -0.1) is 0 Å². The van der Waals surface area contributed by atoms with Crippen LogP contribution in [0.4, 0.5) is 8.78 Å². The van der Waals surface area contributed by atoms with Crippen LogP contribution >= 0.6 is 0 Å². The van der Waals surface area contributed by atoms with Crippen molar-refractivity contribution in [2.75, 3.05) is 20.7 Å². The minimum absolute atomic E-state index is 0.130. The van der Waals surface area contributed by atoms with Gasteiger partial charge >= 0.3 is 0 Å². The van der Waals surface area contributed by atoms with Gasteiger partial charge in [0.25, 0.3) is 0 Å². The molecule has 0 unspecified atom stereocenters. The van der Waals surface area contributed by atoms with Crippen LogP contribution in [-0.2, 0) is 19.5 Å². The molecule has 176 valence electrons.